The molecule has 4 heteroatoms. The monoisotopic (exact) mass is 306 g/mol. The van der Waals surface area contributed by atoms with E-state index < -0.39 is 5.97 Å². The summed E-state index contributed by atoms with van der Waals surface area (Å²) in [5.41, 5.74) is 0.290. The number of carbonyl (C=O) groups excluding carboxylic acids is 1. The van der Waals surface area contributed by atoms with Gasteiger partial charge in [0.2, 0.25) is 0 Å². The Bertz CT molecular complexity index is 430. The Balaban J connectivity index is 1.42. The van der Waals surface area contributed by atoms with E-state index >= 15 is 0 Å². The van der Waals surface area contributed by atoms with Crippen LogP contribution in [-0.2, 0) is 14.3 Å². The third-order valence-electron chi connectivity index (χ3n) is 5.73. The van der Waals surface area contributed by atoms with Gasteiger partial charge in [-0.05, 0) is 80.6 Å². The maximum atomic E-state index is 11.7. The van der Waals surface area contributed by atoms with Crippen molar-refractivity contribution in [1.29, 1.82) is 0 Å². The molecule has 0 spiro atoms. The van der Waals surface area contributed by atoms with E-state index in [1.807, 2.05) is 0 Å². The first-order chi connectivity index (χ1) is 10.5. The third-order valence-corrected chi connectivity index (χ3v) is 5.73. The molecule has 0 unspecified atom stereocenters. The maximum Gasteiger partial charge on any atom is 0.310 e. The number of carboxylic acid groups (broad SMARTS) is 1. The highest BCUT2D eigenvalue weighted by Crippen LogP contribution is 2.60. The number of unbranched alkanes of at least 4 members (excludes halogenated alkanes) is 1. The molecule has 22 heavy (non-hydrogen) atoms. The molecule has 1 N–H and O–H groups in total. The first kappa shape index (κ1) is 15.6. The Labute approximate surface area is 131 Å². The van der Waals surface area contributed by atoms with Gasteiger partial charge in [-0.25, -0.2) is 0 Å². The van der Waals surface area contributed by atoms with E-state index in [9.17, 15) is 9.59 Å². The molecule has 0 atom stereocenters. The van der Waals surface area contributed by atoms with Crippen LogP contribution in [0, 0.1) is 23.2 Å². The highest BCUT2D eigenvalue weighted by molar-refractivity contribution is 5.70. The van der Waals surface area contributed by atoms with E-state index in [4.69, 9.17) is 9.84 Å². The normalized spacial score (nSPS) is 35.9. The van der Waals surface area contributed by atoms with Crippen LogP contribution >= 0.6 is 0 Å². The van der Waals surface area contributed by atoms with Gasteiger partial charge in [0.1, 0.15) is 0 Å². The van der Waals surface area contributed by atoms with Gasteiger partial charge >= 0.3 is 11.9 Å². The molecule has 4 fully saturated rings. The van der Waals surface area contributed by atoms with Gasteiger partial charge in [-0.3, -0.25) is 9.59 Å². The number of hydrogen-bond donors (Lipinski definition) is 1. The lowest BCUT2D eigenvalue weighted by Crippen LogP contribution is -2.45. The SMILES string of the molecule is O=C(O)CCCCC(=O)OC=CC12CC3CC(CC(C3)C1)C2. The molecular weight excluding hydrogens is 280 g/mol. The van der Waals surface area contributed by atoms with E-state index in [-0.39, 0.29) is 12.4 Å². The Hall–Kier alpha value is -1.32. The zero-order valence-corrected chi connectivity index (χ0v) is 13.1. The fraction of sp³-hybridized carbons (Fsp3) is 0.778. The topological polar surface area (TPSA) is 63.6 Å². The van der Waals surface area contributed by atoms with E-state index in [1.54, 1.807) is 6.26 Å². The number of carboxylic acids is 1. The van der Waals surface area contributed by atoms with Crippen LogP contribution in [0.3, 0.4) is 0 Å². The van der Waals surface area contributed by atoms with Crippen LogP contribution in [0.15, 0.2) is 12.3 Å². The van der Waals surface area contributed by atoms with Crippen molar-refractivity contribution in [2.24, 2.45) is 23.2 Å². The number of ether oxygens (including phenoxy) is 1. The number of allylic oxidation sites excluding steroid dienone is 1. The number of esters is 1. The number of rotatable bonds is 7. The van der Waals surface area contributed by atoms with Gasteiger partial charge in [0, 0.05) is 12.8 Å². The summed E-state index contributed by atoms with van der Waals surface area (Å²) in [6.07, 6.45) is 13.4. The van der Waals surface area contributed by atoms with Gasteiger partial charge in [0.25, 0.3) is 0 Å². The van der Waals surface area contributed by atoms with Crippen molar-refractivity contribution in [3.8, 4) is 0 Å². The first-order valence-electron chi connectivity index (χ1n) is 8.64. The highest BCUT2D eigenvalue weighted by Gasteiger charge is 2.49. The minimum Gasteiger partial charge on any atom is -0.481 e. The third kappa shape index (κ3) is 3.71. The number of carbonyl (C=O) groups is 2. The Morgan fingerprint density at radius 2 is 1.55 bits per heavy atom. The largest absolute Gasteiger partial charge is 0.481 e. The van der Waals surface area contributed by atoms with Gasteiger partial charge in [0.15, 0.2) is 0 Å². The van der Waals surface area contributed by atoms with Gasteiger partial charge in [-0.1, -0.05) is 0 Å². The minimum atomic E-state index is -0.810. The predicted molar refractivity (Wildman–Crippen MR) is 81.9 cm³/mol. The second kappa shape index (κ2) is 6.43. The molecule has 0 aromatic heterocycles. The van der Waals surface area contributed by atoms with Crippen molar-refractivity contribution in [3.63, 3.8) is 0 Å². The van der Waals surface area contributed by atoms with E-state index in [2.05, 4.69) is 6.08 Å². The minimum absolute atomic E-state index is 0.121. The molecule has 4 aliphatic carbocycles. The zero-order chi connectivity index (χ0) is 15.6. The maximum absolute atomic E-state index is 11.7. The molecule has 0 radical (unpaired) electrons. The summed E-state index contributed by atoms with van der Waals surface area (Å²) in [6.45, 7) is 0. The zero-order valence-electron chi connectivity index (χ0n) is 13.1. The quantitative estimate of drug-likeness (QED) is 0.440. The van der Waals surface area contributed by atoms with E-state index in [1.165, 1.54) is 38.5 Å². The Morgan fingerprint density at radius 1 is 1.00 bits per heavy atom. The molecule has 4 bridgehead atoms. The summed E-state index contributed by atoms with van der Waals surface area (Å²) in [5, 5.41) is 8.54. The summed E-state index contributed by atoms with van der Waals surface area (Å²) in [5.74, 6) is 1.62. The van der Waals surface area contributed by atoms with Crippen LogP contribution in [0.1, 0.15) is 64.2 Å². The van der Waals surface area contributed by atoms with Crippen molar-refractivity contribution in [2.75, 3.05) is 0 Å². The van der Waals surface area contributed by atoms with Crippen LogP contribution < -0.4 is 0 Å². The van der Waals surface area contributed by atoms with Crippen LogP contribution in [0.5, 0.6) is 0 Å². The molecule has 122 valence electrons. The van der Waals surface area contributed by atoms with Crippen LogP contribution in [-0.4, -0.2) is 17.0 Å². The molecule has 0 aliphatic heterocycles. The molecule has 4 nitrogen and oxygen atoms in total. The standard InChI is InChI=1S/C18H26O4/c19-16(20)3-1-2-4-17(21)22-6-5-18-10-13-7-14(11-18)9-15(8-13)12-18/h5-6,13-15H,1-4,7-12H2,(H,19,20). The van der Waals surface area contributed by atoms with Gasteiger partial charge in [-0.15, -0.1) is 0 Å². The van der Waals surface area contributed by atoms with E-state index in [0.29, 0.717) is 24.7 Å². The van der Waals surface area contributed by atoms with Gasteiger partial charge in [-0.2, -0.15) is 0 Å². The van der Waals surface area contributed by atoms with E-state index in [0.717, 1.165) is 17.8 Å². The molecule has 0 heterocycles. The molecule has 0 amide bonds. The lowest BCUT2D eigenvalue weighted by Gasteiger charge is -2.55. The van der Waals surface area contributed by atoms with Crippen molar-refractivity contribution in [3.05, 3.63) is 12.3 Å². The number of aliphatic carboxylic acids is 1. The van der Waals surface area contributed by atoms with Gasteiger partial charge < -0.3 is 9.84 Å². The predicted octanol–water partition coefficient (Wildman–Crippen LogP) is 3.90. The summed E-state index contributed by atoms with van der Waals surface area (Å²) >= 11 is 0. The summed E-state index contributed by atoms with van der Waals surface area (Å²) in [7, 11) is 0. The van der Waals surface area contributed by atoms with Crippen molar-refractivity contribution >= 4 is 11.9 Å². The van der Waals surface area contributed by atoms with Gasteiger partial charge in [0.05, 0.1) is 6.26 Å². The molecule has 4 aliphatic rings. The summed E-state index contributed by atoms with van der Waals surface area (Å²) in [4.78, 5) is 22.0. The average molecular weight is 306 g/mol. The molecular formula is C18H26O4. The average Bonchev–Trinajstić information content (AvgIpc) is 2.41. The fourth-order valence-corrected chi connectivity index (χ4v) is 5.24. The molecule has 4 rings (SSSR count). The Kier molecular flexibility index (Phi) is 4.55. The molecule has 0 aromatic rings. The highest BCUT2D eigenvalue weighted by atomic mass is 16.5. The fourth-order valence-electron chi connectivity index (χ4n) is 5.24. The van der Waals surface area contributed by atoms with Crippen molar-refractivity contribution < 1.29 is 19.4 Å². The van der Waals surface area contributed by atoms with Crippen molar-refractivity contribution in [2.45, 2.75) is 64.2 Å². The smallest absolute Gasteiger partial charge is 0.310 e. The summed E-state index contributed by atoms with van der Waals surface area (Å²) in [6, 6.07) is 0. The summed E-state index contributed by atoms with van der Waals surface area (Å²) < 4.78 is 5.22. The lowest BCUT2D eigenvalue weighted by molar-refractivity contribution is -0.140. The molecule has 0 saturated heterocycles. The second-order valence-corrected chi connectivity index (χ2v) is 7.67. The lowest BCUT2D eigenvalue weighted by atomic mass is 9.50. The molecule has 4 saturated carbocycles. The first-order valence-corrected chi connectivity index (χ1v) is 8.64. The Morgan fingerprint density at radius 3 is 2.09 bits per heavy atom. The van der Waals surface area contributed by atoms with Crippen LogP contribution in [0.4, 0.5) is 0 Å². The van der Waals surface area contributed by atoms with Crippen molar-refractivity contribution in [1.82, 2.24) is 0 Å². The number of hydrogen-bond acceptors (Lipinski definition) is 3. The molecule has 0 aromatic carbocycles. The second-order valence-electron chi connectivity index (χ2n) is 7.67. The van der Waals surface area contributed by atoms with Crippen LogP contribution in [0.25, 0.3) is 0 Å². The van der Waals surface area contributed by atoms with Crippen LogP contribution in [0.2, 0.25) is 0 Å².